The van der Waals surface area contributed by atoms with Gasteiger partial charge in [0.25, 0.3) is 0 Å². The van der Waals surface area contributed by atoms with Gasteiger partial charge in [-0.3, -0.25) is 0 Å². The summed E-state index contributed by atoms with van der Waals surface area (Å²) in [5.74, 6) is -0.912. The molecule has 0 fully saturated rings. The van der Waals surface area contributed by atoms with E-state index in [0.29, 0.717) is 11.1 Å². The Hall–Kier alpha value is -2.62. The number of para-hydroxylation sites is 1. The van der Waals surface area contributed by atoms with Gasteiger partial charge in [0.05, 0.1) is 22.9 Å². The summed E-state index contributed by atoms with van der Waals surface area (Å²) in [5.41, 5.74) is 3.04. The van der Waals surface area contributed by atoms with Gasteiger partial charge in [-0.25, -0.2) is 9.78 Å². The summed E-state index contributed by atoms with van der Waals surface area (Å²) in [6.07, 6.45) is 3.64. The number of benzene rings is 2. The van der Waals surface area contributed by atoms with Crippen LogP contribution < -0.4 is 0 Å². The minimum Gasteiger partial charge on any atom is -0.478 e. The topological polar surface area (TPSA) is 55.1 Å². The molecule has 1 N–H and O–H groups in total. The van der Waals surface area contributed by atoms with E-state index in [2.05, 4.69) is 17.1 Å². The normalized spacial score (nSPS) is 10.9. The Labute approximate surface area is 122 Å². The lowest BCUT2D eigenvalue weighted by Gasteiger charge is -2.06. The summed E-state index contributed by atoms with van der Waals surface area (Å²) in [6, 6.07) is 15.5. The molecule has 0 bridgehead atoms. The van der Waals surface area contributed by atoms with E-state index in [1.807, 2.05) is 28.8 Å². The molecular weight excluding hydrogens is 264 g/mol. The fourth-order valence-corrected chi connectivity index (χ4v) is 2.57. The Morgan fingerprint density at radius 2 is 1.90 bits per heavy atom. The van der Waals surface area contributed by atoms with Gasteiger partial charge in [0.15, 0.2) is 0 Å². The maximum atomic E-state index is 11.3. The molecule has 0 saturated heterocycles. The Kier molecular flexibility index (Phi) is 3.69. The number of carbonyl (C=O) groups is 1. The first-order valence-electron chi connectivity index (χ1n) is 6.97. The molecule has 4 heteroatoms. The van der Waals surface area contributed by atoms with Crippen molar-refractivity contribution in [2.24, 2.45) is 0 Å². The fourth-order valence-electron chi connectivity index (χ4n) is 2.57. The quantitative estimate of drug-likeness (QED) is 0.779. The molecule has 21 heavy (non-hydrogen) atoms. The van der Waals surface area contributed by atoms with Gasteiger partial charge in [-0.1, -0.05) is 36.4 Å². The highest BCUT2D eigenvalue weighted by Gasteiger charge is 2.12. The number of hydrogen-bond donors (Lipinski definition) is 1. The van der Waals surface area contributed by atoms with Crippen LogP contribution in [0.4, 0.5) is 0 Å². The average Bonchev–Trinajstić information content (AvgIpc) is 2.91. The molecule has 3 aromatic rings. The molecule has 0 atom stereocenters. The summed E-state index contributed by atoms with van der Waals surface area (Å²) >= 11 is 0. The van der Waals surface area contributed by atoms with Crippen molar-refractivity contribution in [2.75, 3.05) is 0 Å². The van der Waals surface area contributed by atoms with Crippen LogP contribution in [-0.2, 0) is 13.0 Å². The van der Waals surface area contributed by atoms with E-state index >= 15 is 0 Å². The molecule has 0 spiro atoms. The second kappa shape index (κ2) is 5.79. The highest BCUT2D eigenvalue weighted by Crippen LogP contribution is 2.18. The van der Waals surface area contributed by atoms with E-state index in [1.165, 1.54) is 5.56 Å². The molecule has 1 aromatic heterocycles. The maximum Gasteiger partial charge on any atom is 0.337 e. The molecular formula is C17H16N2O2. The van der Waals surface area contributed by atoms with Gasteiger partial charge in [-0.15, -0.1) is 0 Å². The lowest BCUT2D eigenvalue weighted by Crippen LogP contribution is -2.04. The molecule has 0 aliphatic rings. The van der Waals surface area contributed by atoms with Gasteiger partial charge < -0.3 is 9.67 Å². The van der Waals surface area contributed by atoms with Crippen LogP contribution in [0, 0.1) is 0 Å². The number of aryl methyl sites for hydroxylation is 2. The third-order valence-electron chi connectivity index (χ3n) is 3.58. The van der Waals surface area contributed by atoms with Gasteiger partial charge in [-0.2, -0.15) is 0 Å². The Bertz CT molecular complexity index is 763. The maximum absolute atomic E-state index is 11.3. The summed E-state index contributed by atoms with van der Waals surface area (Å²) < 4.78 is 1.93. The number of fused-ring (bicyclic) bond motifs is 1. The molecule has 0 unspecified atom stereocenters. The number of carboxylic acids is 1. The monoisotopic (exact) mass is 280 g/mol. The van der Waals surface area contributed by atoms with E-state index in [4.69, 9.17) is 0 Å². The standard InChI is InChI=1S/C17H16N2O2/c20-17(21)14-9-4-10-15-16(14)19(12-18-15)11-5-8-13-6-2-1-3-7-13/h1-4,6-7,9-10,12H,5,8,11H2,(H,20,21). The van der Waals surface area contributed by atoms with Crippen molar-refractivity contribution in [3.05, 3.63) is 66.0 Å². The predicted molar refractivity (Wildman–Crippen MR) is 81.5 cm³/mol. The van der Waals surface area contributed by atoms with Gasteiger partial charge in [0.2, 0.25) is 0 Å². The van der Waals surface area contributed by atoms with E-state index in [9.17, 15) is 9.90 Å². The van der Waals surface area contributed by atoms with Crippen LogP contribution in [0.25, 0.3) is 11.0 Å². The van der Waals surface area contributed by atoms with E-state index in [-0.39, 0.29) is 0 Å². The summed E-state index contributed by atoms with van der Waals surface area (Å²) in [7, 11) is 0. The van der Waals surface area contributed by atoms with Gasteiger partial charge in [0, 0.05) is 6.54 Å². The zero-order valence-corrected chi connectivity index (χ0v) is 11.6. The molecule has 3 rings (SSSR count). The number of carboxylic acid groups (broad SMARTS) is 1. The number of rotatable bonds is 5. The highest BCUT2D eigenvalue weighted by molar-refractivity contribution is 6.01. The van der Waals surface area contributed by atoms with Crippen LogP contribution >= 0.6 is 0 Å². The average molecular weight is 280 g/mol. The minimum atomic E-state index is -0.912. The predicted octanol–water partition coefficient (Wildman–Crippen LogP) is 3.37. The highest BCUT2D eigenvalue weighted by atomic mass is 16.4. The van der Waals surface area contributed by atoms with Gasteiger partial charge in [0.1, 0.15) is 0 Å². The van der Waals surface area contributed by atoms with Gasteiger partial charge in [-0.05, 0) is 30.5 Å². The van der Waals surface area contributed by atoms with Crippen molar-refractivity contribution >= 4 is 17.0 Å². The largest absolute Gasteiger partial charge is 0.478 e. The van der Waals surface area contributed by atoms with Crippen LogP contribution in [0.5, 0.6) is 0 Å². The smallest absolute Gasteiger partial charge is 0.337 e. The van der Waals surface area contributed by atoms with Crippen LogP contribution in [0.1, 0.15) is 22.3 Å². The molecule has 0 radical (unpaired) electrons. The Morgan fingerprint density at radius 1 is 1.10 bits per heavy atom. The van der Waals surface area contributed by atoms with Crippen LogP contribution in [0.2, 0.25) is 0 Å². The first-order chi connectivity index (χ1) is 10.3. The van der Waals surface area contributed by atoms with Crippen LogP contribution in [0.3, 0.4) is 0 Å². The lowest BCUT2D eigenvalue weighted by atomic mass is 10.1. The molecule has 4 nitrogen and oxygen atoms in total. The summed E-state index contributed by atoms with van der Waals surface area (Å²) in [4.78, 5) is 15.6. The second-order valence-electron chi connectivity index (χ2n) is 5.01. The van der Waals surface area contributed by atoms with Crippen molar-refractivity contribution in [1.82, 2.24) is 9.55 Å². The molecule has 2 aromatic carbocycles. The SMILES string of the molecule is O=C(O)c1cccc2ncn(CCCc3ccccc3)c12. The molecule has 0 aliphatic heterocycles. The van der Waals surface area contributed by atoms with Crippen molar-refractivity contribution in [1.29, 1.82) is 0 Å². The first kappa shape index (κ1) is 13.4. The second-order valence-corrected chi connectivity index (χ2v) is 5.01. The molecule has 0 saturated carbocycles. The number of aromatic carboxylic acids is 1. The number of hydrogen-bond acceptors (Lipinski definition) is 2. The zero-order chi connectivity index (χ0) is 14.7. The van der Waals surface area contributed by atoms with Crippen molar-refractivity contribution in [2.45, 2.75) is 19.4 Å². The Balaban J connectivity index is 1.80. The van der Waals surface area contributed by atoms with Crippen molar-refractivity contribution < 1.29 is 9.90 Å². The molecule has 1 heterocycles. The third kappa shape index (κ3) is 2.79. The third-order valence-corrected chi connectivity index (χ3v) is 3.58. The molecule has 106 valence electrons. The number of nitrogens with zero attached hydrogens (tertiary/aromatic N) is 2. The van der Waals surface area contributed by atoms with E-state index in [0.717, 1.165) is 24.9 Å². The fraction of sp³-hybridized carbons (Fsp3) is 0.176. The van der Waals surface area contributed by atoms with Crippen LogP contribution in [0.15, 0.2) is 54.9 Å². The Morgan fingerprint density at radius 3 is 2.67 bits per heavy atom. The molecule has 0 aliphatic carbocycles. The van der Waals surface area contributed by atoms with E-state index < -0.39 is 5.97 Å². The molecule has 0 amide bonds. The van der Waals surface area contributed by atoms with Crippen molar-refractivity contribution in [3.63, 3.8) is 0 Å². The van der Waals surface area contributed by atoms with Gasteiger partial charge >= 0.3 is 5.97 Å². The lowest BCUT2D eigenvalue weighted by molar-refractivity contribution is 0.0698. The first-order valence-corrected chi connectivity index (χ1v) is 6.97. The van der Waals surface area contributed by atoms with E-state index in [1.54, 1.807) is 18.5 Å². The van der Waals surface area contributed by atoms with Crippen LogP contribution in [-0.4, -0.2) is 20.6 Å². The minimum absolute atomic E-state index is 0.310. The summed E-state index contributed by atoms with van der Waals surface area (Å²) in [5, 5.41) is 9.29. The summed E-state index contributed by atoms with van der Waals surface area (Å²) in [6.45, 7) is 0.760. The number of aromatic nitrogens is 2. The zero-order valence-electron chi connectivity index (χ0n) is 11.6. The van der Waals surface area contributed by atoms with Crippen molar-refractivity contribution in [3.8, 4) is 0 Å². The number of imidazole rings is 1.